The first kappa shape index (κ1) is 18.1. The molecular weight excluding hydrogens is 324 g/mol. The molecule has 144 valence electrons. The fraction of sp³-hybridized carbons (Fsp3) is 1.00. The van der Waals surface area contributed by atoms with Crippen LogP contribution >= 0.6 is 0 Å². The molecule has 7 heteroatoms. The highest BCUT2D eigenvalue weighted by Gasteiger charge is 2.57. The lowest BCUT2D eigenvalue weighted by atomic mass is 9.61. The van der Waals surface area contributed by atoms with Crippen molar-refractivity contribution in [2.24, 2.45) is 16.9 Å². The summed E-state index contributed by atoms with van der Waals surface area (Å²) < 4.78 is 28.4. The summed E-state index contributed by atoms with van der Waals surface area (Å²) in [5.74, 6) is 0. The third-order valence-corrected chi connectivity index (χ3v) is 5.96. The lowest BCUT2D eigenvalue weighted by Gasteiger charge is -2.48. The third kappa shape index (κ3) is 4.91. The van der Waals surface area contributed by atoms with E-state index in [1.54, 1.807) is 0 Å². The summed E-state index contributed by atoms with van der Waals surface area (Å²) in [6.45, 7) is 5.22. The first-order valence-corrected chi connectivity index (χ1v) is 9.66. The first-order chi connectivity index (χ1) is 12.1. The standard InChI is InChI=1S/C18H32N2O5/c19-2-1-3-21-12-17(4-13-8-22-13,5-14-9-23-14)18(20,6-15-10-24-15)7-16-11-25-16/h13-16H,1-12,19-20H2. The molecule has 0 aromatic heterocycles. The van der Waals surface area contributed by atoms with Gasteiger partial charge in [-0.1, -0.05) is 0 Å². The summed E-state index contributed by atoms with van der Waals surface area (Å²) in [6, 6.07) is 0. The van der Waals surface area contributed by atoms with Crippen LogP contribution in [0.2, 0.25) is 0 Å². The van der Waals surface area contributed by atoms with Crippen LogP contribution in [-0.2, 0) is 23.7 Å². The van der Waals surface area contributed by atoms with Crippen LogP contribution in [-0.4, -0.2) is 76.1 Å². The van der Waals surface area contributed by atoms with E-state index >= 15 is 0 Å². The zero-order valence-electron chi connectivity index (χ0n) is 15.0. The van der Waals surface area contributed by atoms with Crippen LogP contribution in [0.25, 0.3) is 0 Å². The van der Waals surface area contributed by atoms with Crippen molar-refractivity contribution < 1.29 is 23.7 Å². The van der Waals surface area contributed by atoms with Gasteiger partial charge >= 0.3 is 0 Å². The van der Waals surface area contributed by atoms with Crippen LogP contribution in [0.3, 0.4) is 0 Å². The number of rotatable bonds is 14. The summed E-state index contributed by atoms with van der Waals surface area (Å²) in [7, 11) is 0. The second-order valence-electron chi connectivity index (χ2n) is 8.27. The molecule has 0 radical (unpaired) electrons. The van der Waals surface area contributed by atoms with E-state index in [-0.39, 0.29) is 17.6 Å². The maximum absolute atomic E-state index is 7.15. The number of nitrogens with two attached hydrogens (primary N) is 2. The van der Waals surface area contributed by atoms with E-state index in [1.165, 1.54) is 0 Å². The predicted octanol–water partition coefficient (Wildman–Crippen LogP) is 0.191. The highest BCUT2D eigenvalue weighted by molar-refractivity contribution is 5.10. The molecule has 4 aliphatic rings. The molecule has 0 aromatic carbocycles. The SMILES string of the molecule is NCCCOCC(CC1CO1)(CC1CO1)C(N)(CC1CO1)CC1CO1. The molecule has 4 rings (SSSR count). The van der Waals surface area contributed by atoms with Crippen molar-refractivity contribution in [3.63, 3.8) is 0 Å². The molecule has 0 amide bonds. The smallest absolute Gasteiger partial charge is 0.0827 e. The van der Waals surface area contributed by atoms with E-state index < -0.39 is 5.54 Å². The lowest BCUT2D eigenvalue weighted by molar-refractivity contribution is -0.0402. The highest BCUT2D eigenvalue weighted by atomic mass is 16.6. The molecule has 4 heterocycles. The molecule has 7 nitrogen and oxygen atoms in total. The van der Waals surface area contributed by atoms with E-state index in [2.05, 4.69) is 0 Å². The molecule has 25 heavy (non-hydrogen) atoms. The minimum Gasteiger partial charge on any atom is -0.381 e. The Morgan fingerprint density at radius 1 is 0.800 bits per heavy atom. The van der Waals surface area contributed by atoms with Gasteiger partial charge in [0.2, 0.25) is 0 Å². The Morgan fingerprint density at radius 3 is 1.64 bits per heavy atom. The Morgan fingerprint density at radius 2 is 1.24 bits per heavy atom. The van der Waals surface area contributed by atoms with Gasteiger partial charge < -0.3 is 35.2 Å². The van der Waals surface area contributed by atoms with Crippen molar-refractivity contribution in [2.75, 3.05) is 46.2 Å². The second-order valence-corrected chi connectivity index (χ2v) is 8.27. The van der Waals surface area contributed by atoms with Gasteiger partial charge in [0.15, 0.2) is 0 Å². The maximum atomic E-state index is 7.15. The van der Waals surface area contributed by atoms with Crippen LogP contribution in [0.4, 0.5) is 0 Å². The topological polar surface area (TPSA) is 111 Å². The van der Waals surface area contributed by atoms with E-state index in [9.17, 15) is 0 Å². The second kappa shape index (κ2) is 7.38. The molecular formula is C18H32N2O5. The van der Waals surface area contributed by atoms with Crippen molar-refractivity contribution >= 4 is 0 Å². The third-order valence-electron chi connectivity index (χ3n) is 5.96. The van der Waals surface area contributed by atoms with Gasteiger partial charge in [-0.3, -0.25) is 0 Å². The molecule has 4 unspecified atom stereocenters. The largest absolute Gasteiger partial charge is 0.381 e. The normalized spacial score (nSPS) is 37.2. The lowest BCUT2D eigenvalue weighted by Crippen LogP contribution is -2.60. The molecule has 4 fully saturated rings. The Labute approximate surface area is 149 Å². The minimum atomic E-state index is -0.393. The van der Waals surface area contributed by atoms with Crippen molar-refractivity contribution in [2.45, 2.75) is 62.1 Å². The van der Waals surface area contributed by atoms with Gasteiger partial charge in [0, 0.05) is 17.6 Å². The van der Waals surface area contributed by atoms with E-state index in [0.717, 1.165) is 58.5 Å². The van der Waals surface area contributed by atoms with Crippen molar-refractivity contribution in [1.29, 1.82) is 0 Å². The zero-order valence-corrected chi connectivity index (χ0v) is 15.0. The molecule has 4 aliphatic heterocycles. The van der Waals surface area contributed by atoms with Gasteiger partial charge in [-0.2, -0.15) is 0 Å². The molecule has 0 spiro atoms. The number of ether oxygens (including phenoxy) is 5. The van der Waals surface area contributed by atoms with Crippen LogP contribution in [0, 0.1) is 5.41 Å². The summed E-state index contributed by atoms with van der Waals surface area (Å²) in [5, 5.41) is 0. The average molecular weight is 356 g/mol. The van der Waals surface area contributed by atoms with Crippen LogP contribution in [0.5, 0.6) is 0 Å². The fourth-order valence-corrected chi connectivity index (χ4v) is 4.15. The molecule has 0 aromatic rings. The number of hydrogen-bond donors (Lipinski definition) is 2. The van der Waals surface area contributed by atoms with Gasteiger partial charge in [-0.15, -0.1) is 0 Å². The van der Waals surface area contributed by atoms with Gasteiger partial charge in [0.25, 0.3) is 0 Å². The highest BCUT2D eigenvalue weighted by Crippen LogP contribution is 2.50. The minimum absolute atomic E-state index is 0.179. The van der Waals surface area contributed by atoms with Gasteiger partial charge in [-0.25, -0.2) is 0 Å². The predicted molar refractivity (Wildman–Crippen MR) is 91.3 cm³/mol. The summed E-state index contributed by atoms with van der Waals surface area (Å²) >= 11 is 0. The van der Waals surface area contributed by atoms with Crippen molar-refractivity contribution in [1.82, 2.24) is 0 Å². The van der Waals surface area contributed by atoms with Gasteiger partial charge in [0.05, 0.1) is 57.5 Å². The Kier molecular flexibility index (Phi) is 5.35. The summed E-state index contributed by atoms with van der Waals surface area (Å²) in [4.78, 5) is 0. The zero-order chi connectivity index (χ0) is 17.3. The number of epoxide rings is 4. The van der Waals surface area contributed by atoms with E-state index in [0.29, 0.717) is 32.0 Å². The molecule has 0 bridgehead atoms. The van der Waals surface area contributed by atoms with Crippen LogP contribution in [0.1, 0.15) is 32.1 Å². The number of hydrogen-bond acceptors (Lipinski definition) is 7. The Bertz CT molecular complexity index is 419. The monoisotopic (exact) mass is 356 g/mol. The quantitative estimate of drug-likeness (QED) is 0.337. The average Bonchev–Trinajstić information content (AvgIpc) is 3.43. The maximum Gasteiger partial charge on any atom is 0.0827 e. The Hall–Kier alpha value is -0.280. The van der Waals surface area contributed by atoms with Crippen molar-refractivity contribution in [3.8, 4) is 0 Å². The summed E-state index contributed by atoms with van der Waals surface area (Å²) in [5.41, 5.74) is 12.2. The molecule has 0 aliphatic carbocycles. The van der Waals surface area contributed by atoms with Crippen molar-refractivity contribution in [3.05, 3.63) is 0 Å². The van der Waals surface area contributed by atoms with Gasteiger partial charge in [-0.05, 0) is 38.6 Å². The molecule has 0 saturated carbocycles. The fourth-order valence-electron chi connectivity index (χ4n) is 4.15. The molecule has 4 N–H and O–H groups in total. The Balaban J connectivity index is 1.53. The molecule has 4 atom stereocenters. The first-order valence-electron chi connectivity index (χ1n) is 9.66. The molecule has 4 saturated heterocycles. The van der Waals surface area contributed by atoms with E-state index in [4.69, 9.17) is 35.2 Å². The van der Waals surface area contributed by atoms with E-state index in [1.807, 2.05) is 0 Å². The summed E-state index contributed by atoms with van der Waals surface area (Å²) in [6.07, 6.45) is 5.54. The van der Waals surface area contributed by atoms with Crippen LogP contribution < -0.4 is 11.5 Å². The van der Waals surface area contributed by atoms with Gasteiger partial charge in [0.1, 0.15) is 0 Å². The van der Waals surface area contributed by atoms with Crippen LogP contribution in [0.15, 0.2) is 0 Å².